The molecule has 1 N–H and O–H groups in total. The number of nitrogens with one attached hydrogen (secondary N) is 1. The number of esters is 2. The third kappa shape index (κ3) is 4.27. The number of anilines is 1. The van der Waals surface area contributed by atoms with Crippen molar-refractivity contribution in [1.82, 2.24) is 0 Å². The molecule has 1 rings (SSSR count). The normalized spacial score (nSPS) is 10.7. The van der Waals surface area contributed by atoms with Gasteiger partial charge in [-0.05, 0) is 34.1 Å². The number of rotatable bonds is 5. The number of benzene rings is 1. The van der Waals surface area contributed by atoms with Crippen molar-refractivity contribution in [2.45, 2.75) is 0 Å². The van der Waals surface area contributed by atoms with Crippen LogP contribution in [0.25, 0.3) is 0 Å². The number of carbonyl (C=O) groups excluding carboxylic acids is 2. The second-order valence-corrected chi connectivity index (χ2v) is 4.40. The Kier molecular flexibility index (Phi) is 6.05. The number of hydrogen-bond acceptors (Lipinski definition) is 6. The third-order valence-corrected chi connectivity index (χ3v) is 2.97. The first kappa shape index (κ1) is 16.0. The minimum Gasteiger partial charge on any atom is -0.497 e. The molecule has 0 aliphatic carbocycles. The summed E-state index contributed by atoms with van der Waals surface area (Å²) in [7, 11) is 3.99. The summed E-state index contributed by atoms with van der Waals surface area (Å²) in [6.07, 6.45) is 1.02. The van der Waals surface area contributed by atoms with Crippen LogP contribution in [-0.4, -0.2) is 33.3 Å². The molecule has 0 saturated heterocycles. The summed E-state index contributed by atoms with van der Waals surface area (Å²) in [5.41, 5.74) is 0.538. The Morgan fingerprint density at radius 3 is 2.40 bits per heavy atom. The van der Waals surface area contributed by atoms with Gasteiger partial charge in [0.1, 0.15) is 11.4 Å². The SMILES string of the molecule is COC(=O)/C=C(\Nc1ccc(OC)cc1Br)C(=O)OC. The Morgan fingerprint density at radius 1 is 1.20 bits per heavy atom. The van der Waals surface area contributed by atoms with Gasteiger partial charge in [-0.15, -0.1) is 0 Å². The zero-order valence-corrected chi connectivity index (χ0v) is 12.8. The van der Waals surface area contributed by atoms with Crippen LogP contribution in [-0.2, 0) is 19.1 Å². The van der Waals surface area contributed by atoms with E-state index in [0.717, 1.165) is 6.08 Å². The van der Waals surface area contributed by atoms with Gasteiger partial charge in [0, 0.05) is 4.47 Å². The lowest BCUT2D eigenvalue weighted by Gasteiger charge is -2.11. The van der Waals surface area contributed by atoms with E-state index in [2.05, 4.69) is 30.7 Å². The summed E-state index contributed by atoms with van der Waals surface area (Å²) in [5.74, 6) is -0.695. The van der Waals surface area contributed by atoms with Gasteiger partial charge in [-0.1, -0.05) is 0 Å². The van der Waals surface area contributed by atoms with Gasteiger partial charge in [-0.2, -0.15) is 0 Å². The molecule has 0 aliphatic heterocycles. The van der Waals surface area contributed by atoms with E-state index < -0.39 is 11.9 Å². The zero-order chi connectivity index (χ0) is 15.1. The largest absolute Gasteiger partial charge is 0.497 e. The Balaban J connectivity index is 3.04. The first-order chi connectivity index (χ1) is 9.51. The highest BCUT2D eigenvalue weighted by atomic mass is 79.9. The van der Waals surface area contributed by atoms with Crippen molar-refractivity contribution in [3.8, 4) is 5.75 Å². The Bertz CT molecular complexity index is 542. The summed E-state index contributed by atoms with van der Waals surface area (Å²) < 4.78 is 14.8. The zero-order valence-electron chi connectivity index (χ0n) is 11.2. The molecule has 0 unspecified atom stereocenters. The molecule has 1 aromatic carbocycles. The molecular weight excluding hydrogens is 330 g/mol. The summed E-state index contributed by atoms with van der Waals surface area (Å²) in [6, 6.07) is 5.12. The van der Waals surface area contributed by atoms with Crippen LogP contribution in [0.4, 0.5) is 5.69 Å². The van der Waals surface area contributed by atoms with Gasteiger partial charge in [0.15, 0.2) is 0 Å². The van der Waals surface area contributed by atoms with Crippen molar-refractivity contribution in [2.24, 2.45) is 0 Å². The lowest BCUT2D eigenvalue weighted by molar-refractivity contribution is -0.138. The minimum atomic E-state index is -0.682. The fourth-order valence-electron chi connectivity index (χ4n) is 1.30. The number of halogens is 1. The smallest absolute Gasteiger partial charge is 0.354 e. The fraction of sp³-hybridized carbons (Fsp3) is 0.231. The van der Waals surface area contributed by atoms with Crippen LogP contribution in [0.5, 0.6) is 5.75 Å². The molecule has 6 nitrogen and oxygen atoms in total. The van der Waals surface area contributed by atoms with Crippen LogP contribution in [0, 0.1) is 0 Å². The van der Waals surface area contributed by atoms with Gasteiger partial charge in [0.05, 0.1) is 33.1 Å². The van der Waals surface area contributed by atoms with Crippen LogP contribution in [0.2, 0.25) is 0 Å². The molecule has 0 aliphatic rings. The molecule has 0 heterocycles. The second kappa shape index (κ2) is 7.54. The quantitative estimate of drug-likeness (QED) is 0.651. The predicted octanol–water partition coefficient (Wildman–Crippen LogP) is 2.10. The summed E-state index contributed by atoms with van der Waals surface area (Å²) in [6.45, 7) is 0. The highest BCUT2D eigenvalue weighted by Gasteiger charge is 2.14. The molecule has 1 aromatic rings. The first-order valence-electron chi connectivity index (χ1n) is 5.50. The standard InChI is InChI=1S/C13H14BrNO5/c1-18-8-4-5-10(9(14)6-8)15-11(13(17)20-3)7-12(16)19-2/h4-7,15H,1-3H3/b11-7-. The molecule has 20 heavy (non-hydrogen) atoms. The maximum absolute atomic E-state index is 11.6. The number of ether oxygens (including phenoxy) is 3. The molecule has 0 atom stereocenters. The average Bonchev–Trinajstić information content (AvgIpc) is 2.47. The Labute approximate surface area is 124 Å². The van der Waals surface area contributed by atoms with Crippen LogP contribution in [0.3, 0.4) is 0 Å². The van der Waals surface area contributed by atoms with E-state index in [1.807, 2.05) is 0 Å². The molecule has 0 bridgehead atoms. The highest BCUT2D eigenvalue weighted by molar-refractivity contribution is 9.10. The predicted molar refractivity (Wildman–Crippen MR) is 76.4 cm³/mol. The van der Waals surface area contributed by atoms with E-state index in [0.29, 0.717) is 15.9 Å². The van der Waals surface area contributed by atoms with Crippen LogP contribution in [0.15, 0.2) is 34.4 Å². The third-order valence-electron chi connectivity index (χ3n) is 2.31. The van der Waals surface area contributed by atoms with E-state index in [1.54, 1.807) is 25.3 Å². The number of hydrogen-bond donors (Lipinski definition) is 1. The van der Waals surface area contributed by atoms with Crippen molar-refractivity contribution in [3.05, 3.63) is 34.4 Å². The van der Waals surface area contributed by atoms with Gasteiger partial charge in [0.2, 0.25) is 0 Å². The molecule has 0 saturated carbocycles. The number of carbonyl (C=O) groups is 2. The van der Waals surface area contributed by atoms with Crippen molar-refractivity contribution in [1.29, 1.82) is 0 Å². The molecule has 7 heteroatoms. The molecule has 0 fully saturated rings. The van der Waals surface area contributed by atoms with Gasteiger partial charge in [0.25, 0.3) is 0 Å². The van der Waals surface area contributed by atoms with Crippen molar-refractivity contribution < 1.29 is 23.8 Å². The summed E-state index contributed by atoms with van der Waals surface area (Å²) in [4.78, 5) is 22.8. The minimum absolute atomic E-state index is 0.0368. The lowest BCUT2D eigenvalue weighted by Crippen LogP contribution is -2.15. The van der Waals surface area contributed by atoms with E-state index in [9.17, 15) is 9.59 Å². The van der Waals surface area contributed by atoms with Crippen LogP contribution < -0.4 is 10.1 Å². The lowest BCUT2D eigenvalue weighted by atomic mass is 10.2. The highest BCUT2D eigenvalue weighted by Crippen LogP contribution is 2.28. The Morgan fingerprint density at radius 2 is 1.90 bits per heavy atom. The first-order valence-corrected chi connectivity index (χ1v) is 6.29. The van der Waals surface area contributed by atoms with E-state index >= 15 is 0 Å². The summed E-state index contributed by atoms with van der Waals surface area (Å²) in [5, 5.41) is 2.80. The molecule has 0 spiro atoms. The van der Waals surface area contributed by atoms with E-state index in [-0.39, 0.29) is 5.70 Å². The Hall–Kier alpha value is -2.02. The van der Waals surface area contributed by atoms with Crippen LogP contribution >= 0.6 is 15.9 Å². The molecule has 0 amide bonds. The van der Waals surface area contributed by atoms with Gasteiger partial charge in [-0.25, -0.2) is 9.59 Å². The molecule has 108 valence electrons. The molecule has 0 radical (unpaired) electrons. The van der Waals surface area contributed by atoms with Gasteiger partial charge >= 0.3 is 11.9 Å². The van der Waals surface area contributed by atoms with Crippen molar-refractivity contribution in [3.63, 3.8) is 0 Å². The fourth-order valence-corrected chi connectivity index (χ4v) is 1.76. The number of methoxy groups -OCH3 is 3. The van der Waals surface area contributed by atoms with E-state index in [1.165, 1.54) is 14.2 Å². The van der Waals surface area contributed by atoms with Gasteiger partial charge in [-0.3, -0.25) is 0 Å². The molecule has 0 aromatic heterocycles. The van der Waals surface area contributed by atoms with Crippen molar-refractivity contribution in [2.75, 3.05) is 26.6 Å². The maximum Gasteiger partial charge on any atom is 0.354 e. The maximum atomic E-state index is 11.6. The monoisotopic (exact) mass is 343 g/mol. The molecular formula is C13H14BrNO5. The van der Waals surface area contributed by atoms with Crippen molar-refractivity contribution >= 4 is 33.6 Å². The average molecular weight is 344 g/mol. The van der Waals surface area contributed by atoms with Gasteiger partial charge < -0.3 is 19.5 Å². The van der Waals surface area contributed by atoms with Crippen LogP contribution in [0.1, 0.15) is 0 Å². The topological polar surface area (TPSA) is 73.9 Å². The summed E-state index contributed by atoms with van der Waals surface area (Å²) >= 11 is 3.33. The van der Waals surface area contributed by atoms with E-state index in [4.69, 9.17) is 4.74 Å². The second-order valence-electron chi connectivity index (χ2n) is 3.54.